The van der Waals surface area contributed by atoms with E-state index in [1.807, 2.05) is 25.1 Å². The van der Waals surface area contributed by atoms with Gasteiger partial charge in [-0.3, -0.25) is 0 Å². The first-order valence-corrected chi connectivity index (χ1v) is 4.96. The van der Waals surface area contributed by atoms with Crippen LogP contribution in [0.2, 0.25) is 5.02 Å². The number of benzene rings is 1. The SMILES string of the molecule is CCc1ccc(Cl)cc1C(C)CO. The van der Waals surface area contributed by atoms with E-state index in [1.165, 1.54) is 5.56 Å². The van der Waals surface area contributed by atoms with Crippen molar-refractivity contribution in [2.24, 2.45) is 0 Å². The van der Waals surface area contributed by atoms with E-state index in [4.69, 9.17) is 16.7 Å². The average Bonchev–Trinajstić information content (AvgIpc) is 2.16. The lowest BCUT2D eigenvalue weighted by atomic mass is 9.95. The van der Waals surface area contributed by atoms with E-state index in [9.17, 15) is 0 Å². The molecule has 0 heterocycles. The van der Waals surface area contributed by atoms with Crippen LogP contribution in [0.25, 0.3) is 0 Å². The summed E-state index contributed by atoms with van der Waals surface area (Å²) in [5.41, 5.74) is 2.43. The minimum Gasteiger partial charge on any atom is -0.396 e. The molecule has 0 bridgehead atoms. The quantitative estimate of drug-likeness (QED) is 0.792. The van der Waals surface area contributed by atoms with E-state index in [1.54, 1.807) is 0 Å². The molecule has 2 heteroatoms. The third-order valence-corrected chi connectivity index (χ3v) is 2.53. The van der Waals surface area contributed by atoms with Crippen LogP contribution in [0.5, 0.6) is 0 Å². The van der Waals surface area contributed by atoms with Crippen LogP contribution >= 0.6 is 11.6 Å². The monoisotopic (exact) mass is 198 g/mol. The molecule has 1 atom stereocenters. The lowest BCUT2D eigenvalue weighted by Gasteiger charge is -2.13. The van der Waals surface area contributed by atoms with Crippen molar-refractivity contribution in [3.8, 4) is 0 Å². The number of hydrogen-bond acceptors (Lipinski definition) is 1. The number of aliphatic hydroxyl groups excluding tert-OH is 1. The van der Waals surface area contributed by atoms with Gasteiger partial charge in [0, 0.05) is 17.5 Å². The first-order valence-electron chi connectivity index (χ1n) is 4.58. The molecule has 1 aromatic rings. The summed E-state index contributed by atoms with van der Waals surface area (Å²) < 4.78 is 0. The van der Waals surface area contributed by atoms with Crippen molar-refractivity contribution in [1.29, 1.82) is 0 Å². The summed E-state index contributed by atoms with van der Waals surface area (Å²) in [5, 5.41) is 9.80. The van der Waals surface area contributed by atoms with Crippen molar-refractivity contribution < 1.29 is 5.11 Å². The first kappa shape index (κ1) is 10.6. The van der Waals surface area contributed by atoms with Crippen molar-refractivity contribution >= 4 is 11.6 Å². The summed E-state index contributed by atoms with van der Waals surface area (Å²) in [5.74, 6) is 0.175. The summed E-state index contributed by atoms with van der Waals surface area (Å²) in [4.78, 5) is 0. The van der Waals surface area contributed by atoms with Crippen molar-refractivity contribution in [3.63, 3.8) is 0 Å². The molecular formula is C11H15ClO. The predicted octanol–water partition coefficient (Wildman–Crippen LogP) is 3.00. The zero-order valence-corrected chi connectivity index (χ0v) is 8.80. The summed E-state index contributed by atoms with van der Waals surface area (Å²) in [6.45, 7) is 4.29. The Balaban J connectivity index is 3.07. The summed E-state index contributed by atoms with van der Waals surface area (Å²) >= 11 is 5.89. The van der Waals surface area contributed by atoms with E-state index in [0.717, 1.165) is 17.0 Å². The molecule has 0 spiro atoms. The second-order valence-corrected chi connectivity index (χ2v) is 3.72. The van der Waals surface area contributed by atoms with E-state index in [0.29, 0.717) is 0 Å². The highest BCUT2D eigenvalue weighted by Gasteiger charge is 2.08. The van der Waals surface area contributed by atoms with Gasteiger partial charge in [-0.05, 0) is 29.7 Å². The number of rotatable bonds is 3. The molecule has 1 rings (SSSR count). The van der Waals surface area contributed by atoms with Gasteiger partial charge in [0.2, 0.25) is 0 Å². The molecular weight excluding hydrogens is 184 g/mol. The molecule has 72 valence electrons. The molecule has 0 aliphatic heterocycles. The Morgan fingerprint density at radius 1 is 1.46 bits per heavy atom. The lowest BCUT2D eigenvalue weighted by molar-refractivity contribution is 0.272. The highest BCUT2D eigenvalue weighted by atomic mass is 35.5. The van der Waals surface area contributed by atoms with Crippen LogP contribution in [0.3, 0.4) is 0 Å². The summed E-state index contributed by atoms with van der Waals surface area (Å²) in [6.07, 6.45) is 0.983. The third kappa shape index (κ3) is 2.45. The highest BCUT2D eigenvalue weighted by molar-refractivity contribution is 6.30. The van der Waals surface area contributed by atoms with Gasteiger partial charge in [0.25, 0.3) is 0 Å². The van der Waals surface area contributed by atoms with Crippen LogP contribution in [-0.2, 0) is 6.42 Å². The minimum absolute atomic E-state index is 0.174. The summed E-state index contributed by atoms with van der Waals surface area (Å²) in [6, 6.07) is 5.87. The van der Waals surface area contributed by atoms with Gasteiger partial charge < -0.3 is 5.11 Å². The van der Waals surface area contributed by atoms with Crippen molar-refractivity contribution in [2.45, 2.75) is 26.2 Å². The van der Waals surface area contributed by atoms with Crippen LogP contribution < -0.4 is 0 Å². The highest BCUT2D eigenvalue weighted by Crippen LogP contribution is 2.23. The van der Waals surface area contributed by atoms with E-state index in [2.05, 4.69) is 6.92 Å². The molecule has 0 saturated heterocycles. The molecule has 0 fully saturated rings. The third-order valence-electron chi connectivity index (χ3n) is 2.29. The Labute approximate surface area is 84.4 Å². The molecule has 0 aliphatic carbocycles. The smallest absolute Gasteiger partial charge is 0.0497 e. The van der Waals surface area contributed by atoms with Gasteiger partial charge >= 0.3 is 0 Å². The molecule has 1 aromatic carbocycles. The van der Waals surface area contributed by atoms with Gasteiger partial charge in [-0.1, -0.05) is 31.5 Å². The molecule has 0 aliphatic rings. The fourth-order valence-corrected chi connectivity index (χ4v) is 1.63. The van der Waals surface area contributed by atoms with Gasteiger partial charge in [-0.25, -0.2) is 0 Å². The predicted molar refractivity (Wildman–Crippen MR) is 56.3 cm³/mol. The average molecular weight is 199 g/mol. The van der Waals surface area contributed by atoms with Crippen LogP contribution in [0.1, 0.15) is 30.9 Å². The molecule has 0 saturated carbocycles. The standard InChI is InChI=1S/C11H15ClO/c1-3-9-4-5-10(12)6-11(9)8(2)7-13/h4-6,8,13H,3,7H2,1-2H3. The zero-order valence-electron chi connectivity index (χ0n) is 8.05. The molecule has 1 N–H and O–H groups in total. The second kappa shape index (κ2) is 4.64. The number of halogens is 1. The molecule has 1 unspecified atom stereocenters. The van der Waals surface area contributed by atoms with E-state index in [-0.39, 0.29) is 12.5 Å². The maximum absolute atomic E-state index is 9.06. The van der Waals surface area contributed by atoms with Gasteiger partial charge in [-0.2, -0.15) is 0 Å². The maximum atomic E-state index is 9.06. The summed E-state index contributed by atoms with van der Waals surface area (Å²) in [7, 11) is 0. The molecule has 0 aromatic heterocycles. The number of aryl methyl sites for hydroxylation is 1. The minimum atomic E-state index is 0.174. The Morgan fingerprint density at radius 3 is 2.69 bits per heavy atom. The van der Waals surface area contributed by atoms with E-state index < -0.39 is 0 Å². The zero-order chi connectivity index (χ0) is 9.84. The van der Waals surface area contributed by atoms with Gasteiger partial charge in [0.1, 0.15) is 0 Å². The van der Waals surface area contributed by atoms with Crippen LogP contribution in [0, 0.1) is 0 Å². The van der Waals surface area contributed by atoms with Gasteiger partial charge in [-0.15, -0.1) is 0 Å². The largest absolute Gasteiger partial charge is 0.396 e. The van der Waals surface area contributed by atoms with Crippen molar-refractivity contribution in [3.05, 3.63) is 34.3 Å². The lowest BCUT2D eigenvalue weighted by Crippen LogP contribution is -2.02. The fraction of sp³-hybridized carbons (Fsp3) is 0.455. The fourth-order valence-electron chi connectivity index (χ4n) is 1.44. The Morgan fingerprint density at radius 2 is 2.15 bits per heavy atom. The second-order valence-electron chi connectivity index (χ2n) is 3.28. The number of aliphatic hydroxyl groups is 1. The number of hydrogen-bond donors (Lipinski definition) is 1. The Hall–Kier alpha value is -0.530. The van der Waals surface area contributed by atoms with Crippen molar-refractivity contribution in [2.75, 3.05) is 6.61 Å². The first-order chi connectivity index (χ1) is 6.19. The normalized spacial score (nSPS) is 12.9. The van der Waals surface area contributed by atoms with Crippen LogP contribution in [-0.4, -0.2) is 11.7 Å². The van der Waals surface area contributed by atoms with Gasteiger partial charge in [0.15, 0.2) is 0 Å². The van der Waals surface area contributed by atoms with Crippen LogP contribution in [0.15, 0.2) is 18.2 Å². The Bertz CT molecular complexity index is 283. The molecule has 0 radical (unpaired) electrons. The Kier molecular flexibility index (Phi) is 3.76. The van der Waals surface area contributed by atoms with E-state index >= 15 is 0 Å². The molecule has 0 amide bonds. The molecule has 1 nitrogen and oxygen atoms in total. The van der Waals surface area contributed by atoms with Gasteiger partial charge in [0.05, 0.1) is 0 Å². The maximum Gasteiger partial charge on any atom is 0.0497 e. The molecule has 13 heavy (non-hydrogen) atoms. The topological polar surface area (TPSA) is 20.2 Å². The van der Waals surface area contributed by atoms with Crippen LogP contribution in [0.4, 0.5) is 0 Å². The van der Waals surface area contributed by atoms with Crippen molar-refractivity contribution in [1.82, 2.24) is 0 Å².